The number of hydrazone groups is 1. The number of nitrogens with zero attached hydrogens (tertiary/aromatic N) is 4. The lowest BCUT2D eigenvalue weighted by atomic mass is 10.2. The lowest BCUT2D eigenvalue weighted by Crippen LogP contribution is -2.15. The van der Waals surface area contributed by atoms with E-state index in [9.17, 15) is 4.79 Å². The van der Waals surface area contributed by atoms with E-state index in [1.54, 1.807) is 19.2 Å². The summed E-state index contributed by atoms with van der Waals surface area (Å²) < 4.78 is 10.4. The van der Waals surface area contributed by atoms with Crippen molar-refractivity contribution >= 4 is 40.2 Å². The van der Waals surface area contributed by atoms with Crippen LogP contribution in [0, 0.1) is 0 Å². The number of benzene rings is 2. The molecule has 9 nitrogen and oxygen atoms in total. The molecule has 0 bridgehead atoms. The van der Waals surface area contributed by atoms with Crippen LogP contribution in [0.4, 0.5) is 5.95 Å². The Bertz CT molecular complexity index is 1190. The molecule has 0 amide bonds. The molecule has 0 aliphatic carbocycles. The highest BCUT2D eigenvalue weighted by molar-refractivity contribution is 6.03. The van der Waals surface area contributed by atoms with Gasteiger partial charge in [-0.2, -0.15) is 10.1 Å². The van der Waals surface area contributed by atoms with Crippen LogP contribution < -0.4 is 10.2 Å². The van der Waals surface area contributed by atoms with Crippen LogP contribution in [0.15, 0.2) is 53.6 Å². The van der Waals surface area contributed by atoms with Crippen LogP contribution in [0.1, 0.15) is 12.5 Å². The summed E-state index contributed by atoms with van der Waals surface area (Å²) in [6.07, 6.45) is 1.55. The van der Waals surface area contributed by atoms with E-state index >= 15 is 0 Å². The molecule has 4 aromatic rings. The maximum atomic E-state index is 11.5. The van der Waals surface area contributed by atoms with Crippen LogP contribution in [-0.4, -0.2) is 45.6 Å². The molecule has 0 fully saturated rings. The molecule has 2 aromatic carbocycles. The number of para-hydroxylation sites is 2. The Morgan fingerprint density at radius 1 is 1.17 bits per heavy atom. The number of rotatable bonds is 7. The van der Waals surface area contributed by atoms with Gasteiger partial charge in [-0.25, -0.2) is 10.2 Å². The summed E-state index contributed by atoms with van der Waals surface area (Å²) in [5.74, 6) is 0.338. The van der Waals surface area contributed by atoms with Crippen LogP contribution in [0.5, 0.6) is 5.75 Å². The first-order chi connectivity index (χ1) is 14.2. The minimum Gasteiger partial charge on any atom is -0.481 e. The Morgan fingerprint density at radius 3 is 2.90 bits per heavy atom. The molecule has 0 unspecified atom stereocenters. The SMILES string of the molecule is CCOC(=O)COc1ccccc1C=NNc1nnc2c(n1)[nH]c1ccccc12. The van der Waals surface area contributed by atoms with Gasteiger partial charge in [0.1, 0.15) is 11.3 Å². The van der Waals surface area contributed by atoms with Crippen molar-refractivity contribution in [2.24, 2.45) is 5.10 Å². The molecule has 0 saturated carbocycles. The van der Waals surface area contributed by atoms with E-state index in [-0.39, 0.29) is 12.6 Å². The number of fused-ring (bicyclic) bond motifs is 3. The van der Waals surface area contributed by atoms with Gasteiger partial charge in [-0.3, -0.25) is 0 Å². The number of hydrogen-bond donors (Lipinski definition) is 2. The molecule has 0 saturated heterocycles. The fourth-order valence-electron chi connectivity index (χ4n) is 2.79. The molecular formula is C20H18N6O3. The van der Waals surface area contributed by atoms with Gasteiger partial charge in [0.05, 0.1) is 12.8 Å². The largest absolute Gasteiger partial charge is 0.481 e. The number of carbonyl (C=O) groups is 1. The number of nitrogens with one attached hydrogen (secondary N) is 2. The Kier molecular flexibility index (Phi) is 5.28. The molecule has 2 aromatic heterocycles. The summed E-state index contributed by atoms with van der Waals surface area (Å²) in [6.45, 7) is 1.88. The predicted octanol–water partition coefficient (Wildman–Crippen LogP) is 2.89. The zero-order chi connectivity index (χ0) is 20.1. The van der Waals surface area contributed by atoms with Crippen LogP contribution in [-0.2, 0) is 9.53 Å². The number of carbonyl (C=O) groups excluding carboxylic acids is 1. The summed E-state index contributed by atoms with van der Waals surface area (Å²) in [6, 6.07) is 15.0. The van der Waals surface area contributed by atoms with Crippen LogP contribution >= 0.6 is 0 Å². The maximum absolute atomic E-state index is 11.5. The van der Waals surface area contributed by atoms with E-state index in [1.165, 1.54) is 0 Å². The van der Waals surface area contributed by atoms with Gasteiger partial charge in [0.25, 0.3) is 5.95 Å². The van der Waals surface area contributed by atoms with E-state index in [0.717, 1.165) is 10.9 Å². The zero-order valence-electron chi connectivity index (χ0n) is 15.6. The van der Waals surface area contributed by atoms with Crippen molar-refractivity contribution in [1.82, 2.24) is 20.2 Å². The van der Waals surface area contributed by atoms with E-state index in [0.29, 0.717) is 29.1 Å². The van der Waals surface area contributed by atoms with Crippen LogP contribution in [0.2, 0.25) is 0 Å². The van der Waals surface area contributed by atoms with Gasteiger partial charge in [0.2, 0.25) is 0 Å². The van der Waals surface area contributed by atoms with Crippen molar-refractivity contribution < 1.29 is 14.3 Å². The van der Waals surface area contributed by atoms with Gasteiger partial charge >= 0.3 is 5.97 Å². The lowest BCUT2D eigenvalue weighted by Gasteiger charge is -2.08. The Labute approximate surface area is 165 Å². The Hall–Kier alpha value is -4.01. The summed E-state index contributed by atoms with van der Waals surface area (Å²) >= 11 is 0. The van der Waals surface area contributed by atoms with E-state index in [2.05, 4.69) is 30.7 Å². The average molecular weight is 390 g/mol. The highest BCUT2D eigenvalue weighted by atomic mass is 16.6. The van der Waals surface area contributed by atoms with Crippen LogP contribution in [0.25, 0.3) is 22.1 Å². The summed E-state index contributed by atoms with van der Waals surface area (Å²) in [5, 5.41) is 13.4. The van der Waals surface area contributed by atoms with Crippen molar-refractivity contribution in [2.45, 2.75) is 6.92 Å². The minimum atomic E-state index is -0.427. The summed E-state index contributed by atoms with van der Waals surface area (Å²) in [5.41, 5.74) is 5.71. The summed E-state index contributed by atoms with van der Waals surface area (Å²) in [7, 11) is 0. The topological polar surface area (TPSA) is 114 Å². The molecule has 0 aliphatic heterocycles. The second kappa shape index (κ2) is 8.34. The molecule has 4 rings (SSSR count). The third kappa shape index (κ3) is 4.13. The van der Waals surface area contributed by atoms with Crippen molar-refractivity contribution in [3.63, 3.8) is 0 Å². The molecule has 9 heteroatoms. The molecule has 0 radical (unpaired) electrons. The number of hydrogen-bond acceptors (Lipinski definition) is 8. The van der Waals surface area contributed by atoms with Crippen molar-refractivity contribution in [2.75, 3.05) is 18.6 Å². The molecule has 2 N–H and O–H groups in total. The first kappa shape index (κ1) is 18.4. The molecule has 0 atom stereocenters. The van der Waals surface area contributed by atoms with Gasteiger partial charge in [-0.1, -0.05) is 30.3 Å². The van der Waals surface area contributed by atoms with E-state index in [4.69, 9.17) is 9.47 Å². The third-order valence-corrected chi connectivity index (χ3v) is 4.06. The van der Waals surface area contributed by atoms with Gasteiger partial charge in [0.15, 0.2) is 12.3 Å². The number of ether oxygens (including phenoxy) is 2. The number of anilines is 1. The first-order valence-electron chi connectivity index (χ1n) is 9.02. The van der Waals surface area contributed by atoms with E-state index < -0.39 is 5.97 Å². The highest BCUT2D eigenvalue weighted by Gasteiger charge is 2.08. The molecule has 146 valence electrons. The van der Waals surface area contributed by atoms with Crippen molar-refractivity contribution in [3.8, 4) is 5.75 Å². The molecule has 29 heavy (non-hydrogen) atoms. The Morgan fingerprint density at radius 2 is 2.00 bits per heavy atom. The quantitative estimate of drug-likeness (QED) is 0.283. The zero-order valence-corrected chi connectivity index (χ0v) is 15.6. The van der Waals surface area contributed by atoms with E-state index in [1.807, 2.05) is 42.5 Å². The second-order valence-corrected chi connectivity index (χ2v) is 6.00. The fraction of sp³-hybridized carbons (Fsp3) is 0.150. The number of H-pyrrole nitrogens is 1. The molecule has 0 spiro atoms. The monoisotopic (exact) mass is 390 g/mol. The third-order valence-electron chi connectivity index (χ3n) is 4.06. The molecule has 2 heterocycles. The minimum absolute atomic E-state index is 0.170. The second-order valence-electron chi connectivity index (χ2n) is 6.00. The summed E-state index contributed by atoms with van der Waals surface area (Å²) in [4.78, 5) is 19.1. The van der Waals surface area contributed by atoms with Gasteiger partial charge < -0.3 is 14.5 Å². The van der Waals surface area contributed by atoms with Gasteiger partial charge in [-0.05, 0) is 25.1 Å². The Balaban J connectivity index is 1.47. The first-order valence-corrected chi connectivity index (χ1v) is 9.02. The standard InChI is InChI=1S/C20H18N6O3/c1-2-28-17(27)12-29-16-10-6-3-7-13(16)11-21-25-20-23-19-18(24-26-20)14-8-4-5-9-15(14)22-19/h3-11H,2,12H2,1H3,(H2,22,23,25,26). The number of aromatic amines is 1. The van der Waals surface area contributed by atoms with Crippen LogP contribution in [0.3, 0.4) is 0 Å². The smallest absolute Gasteiger partial charge is 0.344 e. The van der Waals surface area contributed by atoms with Crippen molar-refractivity contribution in [1.29, 1.82) is 0 Å². The highest BCUT2D eigenvalue weighted by Crippen LogP contribution is 2.22. The van der Waals surface area contributed by atoms with Crippen molar-refractivity contribution in [3.05, 3.63) is 54.1 Å². The average Bonchev–Trinajstić information content (AvgIpc) is 3.11. The molecule has 0 aliphatic rings. The number of esters is 1. The lowest BCUT2D eigenvalue weighted by molar-refractivity contribution is -0.145. The van der Waals surface area contributed by atoms with Gasteiger partial charge in [0, 0.05) is 16.5 Å². The maximum Gasteiger partial charge on any atom is 0.344 e. The molecular weight excluding hydrogens is 372 g/mol. The predicted molar refractivity (Wildman–Crippen MR) is 109 cm³/mol. The number of aromatic nitrogens is 4. The fourth-order valence-corrected chi connectivity index (χ4v) is 2.79. The van der Waals surface area contributed by atoms with Gasteiger partial charge in [-0.15, -0.1) is 10.2 Å². The normalized spacial score (nSPS) is 11.2.